The molecule has 0 unspecified atom stereocenters. The van der Waals surface area contributed by atoms with Crippen molar-refractivity contribution in [2.45, 2.75) is 111 Å². The summed E-state index contributed by atoms with van der Waals surface area (Å²) in [5, 5.41) is 10.2. The molecule has 4 aliphatic carbocycles. The Kier molecular flexibility index (Phi) is 5.99. The van der Waals surface area contributed by atoms with E-state index in [-0.39, 0.29) is 17.4 Å². The number of fused-ring (bicyclic) bond motifs is 5. The number of ketones is 1. The lowest BCUT2D eigenvalue weighted by Crippen LogP contribution is -2.57. The molecule has 29 heavy (non-hydrogen) atoms. The lowest BCUT2D eigenvalue weighted by Gasteiger charge is -2.60. The van der Waals surface area contributed by atoms with E-state index in [1.54, 1.807) is 0 Å². The number of carbonyl (C=O) groups is 1. The molecule has 4 aliphatic rings. The summed E-state index contributed by atoms with van der Waals surface area (Å²) < 4.78 is 0. The van der Waals surface area contributed by atoms with Gasteiger partial charge in [0.15, 0.2) is 0 Å². The molecule has 4 rings (SSSR count). The van der Waals surface area contributed by atoms with E-state index in [9.17, 15) is 9.90 Å². The zero-order chi connectivity index (χ0) is 21.0. The molecule has 2 nitrogen and oxygen atoms in total. The Morgan fingerprint density at radius 3 is 2.38 bits per heavy atom. The second-order valence-corrected chi connectivity index (χ2v) is 12.6. The van der Waals surface area contributed by atoms with Crippen LogP contribution in [0.2, 0.25) is 0 Å². The molecule has 0 spiro atoms. The van der Waals surface area contributed by atoms with Gasteiger partial charge in [-0.3, -0.25) is 4.79 Å². The van der Waals surface area contributed by atoms with Gasteiger partial charge in [0.2, 0.25) is 0 Å². The fraction of sp³-hybridized carbons (Fsp3) is 0.963. The molecule has 1 N–H and O–H groups in total. The van der Waals surface area contributed by atoms with E-state index in [1.165, 1.54) is 44.9 Å². The molecular weight excluding hydrogens is 356 g/mol. The molecule has 0 saturated heterocycles. The van der Waals surface area contributed by atoms with Crippen LogP contribution in [0.5, 0.6) is 0 Å². The molecule has 0 aromatic carbocycles. The highest BCUT2D eigenvalue weighted by molar-refractivity contribution is 5.83. The van der Waals surface area contributed by atoms with Crippen LogP contribution >= 0.6 is 0 Å². The van der Waals surface area contributed by atoms with Crippen molar-refractivity contribution in [2.75, 3.05) is 0 Å². The van der Waals surface area contributed by atoms with Gasteiger partial charge in [0.05, 0.1) is 6.10 Å². The normalized spacial score (nSPS) is 48.2. The van der Waals surface area contributed by atoms with Crippen LogP contribution in [0.25, 0.3) is 0 Å². The first-order chi connectivity index (χ1) is 13.7. The van der Waals surface area contributed by atoms with Gasteiger partial charge in [-0.2, -0.15) is 0 Å². The SMILES string of the molecule is CC(C)CCC[C@@H](C)[C@H]1CC[C@H]2[C@@H]3CC(=O)[C@@H]4C[C@H](O)CC[C@]4(C)[C@H]3CC[C@]12C. The number of hydrogen-bond acceptors (Lipinski definition) is 2. The summed E-state index contributed by atoms with van der Waals surface area (Å²) in [4.78, 5) is 13.2. The predicted molar refractivity (Wildman–Crippen MR) is 119 cm³/mol. The van der Waals surface area contributed by atoms with Gasteiger partial charge in [-0.05, 0) is 91.3 Å². The van der Waals surface area contributed by atoms with E-state index in [1.807, 2.05) is 0 Å². The number of rotatable bonds is 5. The number of aliphatic hydroxyl groups excluding tert-OH is 1. The predicted octanol–water partition coefficient (Wildman–Crippen LogP) is 6.65. The summed E-state index contributed by atoms with van der Waals surface area (Å²) in [5.74, 6) is 5.21. The largest absolute Gasteiger partial charge is 0.393 e. The van der Waals surface area contributed by atoms with Crippen LogP contribution in [0.3, 0.4) is 0 Å². The molecule has 0 bridgehead atoms. The van der Waals surface area contributed by atoms with Crippen molar-refractivity contribution in [2.24, 2.45) is 52.3 Å². The van der Waals surface area contributed by atoms with Gasteiger partial charge in [0, 0.05) is 12.3 Å². The van der Waals surface area contributed by atoms with E-state index in [0.29, 0.717) is 23.0 Å². The van der Waals surface area contributed by atoms with E-state index in [0.717, 1.165) is 49.4 Å². The molecule has 166 valence electrons. The Labute approximate surface area is 179 Å². The van der Waals surface area contributed by atoms with Gasteiger partial charge in [-0.25, -0.2) is 0 Å². The Bertz CT molecular complexity index is 612. The Morgan fingerprint density at radius 2 is 1.66 bits per heavy atom. The maximum absolute atomic E-state index is 13.2. The minimum Gasteiger partial charge on any atom is -0.393 e. The van der Waals surface area contributed by atoms with Gasteiger partial charge in [-0.15, -0.1) is 0 Å². The second-order valence-electron chi connectivity index (χ2n) is 12.6. The number of hydrogen-bond donors (Lipinski definition) is 1. The maximum atomic E-state index is 13.2. The van der Waals surface area contributed by atoms with E-state index < -0.39 is 0 Å². The highest BCUT2D eigenvalue weighted by atomic mass is 16.3. The molecule has 2 heteroatoms. The molecule has 0 aromatic heterocycles. The van der Waals surface area contributed by atoms with Crippen LogP contribution in [0.15, 0.2) is 0 Å². The molecule has 9 atom stereocenters. The van der Waals surface area contributed by atoms with Gasteiger partial charge in [0.25, 0.3) is 0 Å². The number of carbonyl (C=O) groups excluding carboxylic acids is 1. The van der Waals surface area contributed by atoms with Crippen LogP contribution in [0, 0.1) is 52.3 Å². The average Bonchev–Trinajstić information content (AvgIpc) is 3.00. The minimum atomic E-state index is -0.245. The van der Waals surface area contributed by atoms with Crippen molar-refractivity contribution in [1.82, 2.24) is 0 Å². The van der Waals surface area contributed by atoms with Gasteiger partial charge >= 0.3 is 0 Å². The van der Waals surface area contributed by atoms with Crippen molar-refractivity contribution in [3.8, 4) is 0 Å². The molecule has 0 aliphatic heterocycles. The minimum absolute atomic E-state index is 0.129. The fourth-order valence-corrected chi connectivity index (χ4v) is 9.04. The third kappa shape index (κ3) is 3.64. The first-order valence-electron chi connectivity index (χ1n) is 12.9. The fourth-order valence-electron chi connectivity index (χ4n) is 9.04. The van der Waals surface area contributed by atoms with E-state index >= 15 is 0 Å². The highest BCUT2D eigenvalue weighted by Crippen LogP contribution is 2.67. The third-order valence-corrected chi connectivity index (χ3v) is 10.6. The lowest BCUT2D eigenvalue weighted by atomic mass is 9.44. The standard InChI is InChI=1S/C27H46O2/c1-17(2)7-6-8-18(3)21-9-10-22-20-16-25(29)24-15-19(28)11-13-27(24,5)23(20)12-14-26(21,22)4/h17-24,28H,6-16H2,1-5H3/t18-,19-,20+,21-,22+,23+,24+,26-,27-/m1/s1. The lowest BCUT2D eigenvalue weighted by molar-refractivity contribution is -0.160. The molecular formula is C27H46O2. The molecule has 0 heterocycles. The summed E-state index contributed by atoms with van der Waals surface area (Å²) >= 11 is 0. The monoisotopic (exact) mass is 402 g/mol. The number of Topliss-reactive ketones (excluding diaryl/α,β-unsaturated/α-hetero) is 1. The molecule has 4 fully saturated rings. The summed E-state index contributed by atoms with van der Waals surface area (Å²) in [6, 6.07) is 0. The van der Waals surface area contributed by atoms with E-state index in [4.69, 9.17) is 0 Å². The summed E-state index contributed by atoms with van der Waals surface area (Å²) in [6.07, 6.45) is 12.8. The Hall–Kier alpha value is -0.370. The van der Waals surface area contributed by atoms with Crippen LogP contribution in [0.1, 0.15) is 105 Å². The summed E-state index contributed by atoms with van der Waals surface area (Å²) in [5.41, 5.74) is 0.609. The third-order valence-electron chi connectivity index (χ3n) is 10.6. The van der Waals surface area contributed by atoms with Crippen molar-refractivity contribution >= 4 is 5.78 Å². The van der Waals surface area contributed by atoms with Crippen molar-refractivity contribution in [3.63, 3.8) is 0 Å². The Morgan fingerprint density at radius 1 is 0.966 bits per heavy atom. The van der Waals surface area contributed by atoms with Gasteiger partial charge in [0.1, 0.15) is 5.78 Å². The quantitative estimate of drug-likeness (QED) is 0.559. The van der Waals surface area contributed by atoms with Gasteiger partial charge < -0.3 is 5.11 Å². The first kappa shape index (κ1) is 21.8. The zero-order valence-electron chi connectivity index (χ0n) is 19.8. The summed E-state index contributed by atoms with van der Waals surface area (Å²) in [7, 11) is 0. The van der Waals surface area contributed by atoms with Crippen molar-refractivity contribution in [3.05, 3.63) is 0 Å². The molecule has 0 aromatic rings. The zero-order valence-corrected chi connectivity index (χ0v) is 19.8. The van der Waals surface area contributed by atoms with Crippen molar-refractivity contribution in [1.29, 1.82) is 0 Å². The second kappa shape index (κ2) is 7.95. The van der Waals surface area contributed by atoms with E-state index in [2.05, 4.69) is 34.6 Å². The average molecular weight is 403 g/mol. The summed E-state index contributed by atoms with van der Waals surface area (Å²) in [6.45, 7) is 12.2. The van der Waals surface area contributed by atoms with Crippen LogP contribution < -0.4 is 0 Å². The smallest absolute Gasteiger partial charge is 0.136 e. The van der Waals surface area contributed by atoms with Crippen LogP contribution in [-0.4, -0.2) is 17.0 Å². The Balaban J connectivity index is 1.50. The van der Waals surface area contributed by atoms with Crippen LogP contribution in [0.4, 0.5) is 0 Å². The van der Waals surface area contributed by atoms with Crippen LogP contribution in [-0.2, 0) is 4.79 Å². The first-order valence-corrected chi connectivity index (χ1v) is 12.9. The molecule has 0 amide bonds. The topological polar surface area (TPSA) is 37.3 Å². The molecule has 4 saturated carbocycles. The maximum Gasteiger partial charge on any atom is 0.136 e. The van der Waals surface area contributed by atoms with Crippen molar-refractivity contribution < 1.29 is 9.90 Å². The number of aliphatic hydroxyl groups is 1. The van der Waals surface area contributed by atoms with Gasteiger partial charge in [-0.1, -0.05) is 53.9 Å². The highest BCUT2D eigenvalue weighted by Gasteiger charge is 2.62. The molecule has 0 radical (unpaired) electrons.